The maximum Gasteiger partial charge on any atom is 0.239 e. The Labute approximate surface area is 189 Å². The van der Waals surface area contributed by atoms with E-state index >= 15 is 0 Å². The van der Waals surface area contributed by atoms with Crippen LogP contribution in [-0.2, 0) is 4.74 Å². The van der Waals surface area contributed by atoms with Crippen molar-refractivity contribution in [1.82, 2.24) is 0 Å². The van der Waals surface area contributed by atoms with Crippen molar-refractivity contribution in [2.45, 2.75) is 30.7 Å². The molecular formula is C21H20O13. The van der Waals surface area contributed by atoms with Gasteiger partial charge in [-0.2, -0.15) is 0 Å². The van der Waals surface area contributed by atoms with Crippen molar-refractivity contribution < 1.29 is 59.8 Å². The van der Waals surface area contributed by atoms with E-state index in [1.54, 1.807) is 0 Å². The predicted molar refractivity (Wildman–Crippen MR) is 111 cm³/mol. The molecule has 0 aliphatic carbocycles. The first-order chi connectivity index (χ1) is 16.0. The van der Waals surface area contributed by atoms with Gasteiger partial charge in [0.25, 0.3) is 0 Å². The van der Waals surface area contributed by atoms with Crippen LogP contribution in [0.15, 0.2) is 33.5 Å². The summed E-state index contributed by atoms with van der Waals surface area (Å²) >= 11 is 0. The van der Waals surface area contributed by atoms with Crippen LogP contribution in [-0.4, -0.2) is 83.3 Å². The van der Waals surface area contributed by atoms with Gasteiger partial charge in [0.15, 0.2) is 17.3 Å². The van der Waals surface area contributed by atoms with Crippen molar-refractivity contribution in [3.63, 3.8) is 0 Å². The van der Waals surface area contributed by atoms with Crippen molar-refractivity contribution in [1.29, 1.82) is 0 Å². The number of rotatable bonds is 4. The van der Waals surface area contributed by atoms with E-state index in [9.17, 15) is 50.8 Å². The van der Waals surface area contributed by atoms with Crippen LogP contribution in [0.1, 0.15) is 0 Å². The summed E-state index contributed by atoms with van der Waals surface area (Å²) in [5, 5.41) is 89.0. The number of fused-ring (bicyclic) bond motifs is 1. The molecule has 2 heterocycles. The maximum absolute atomic E-state index is 13.3. The number of hydrogen-bond acceptors (Lipinski definition) is 13. The minimum atomic E-state index is -1.92. The maximum atomic E-state index is 13.3. The van der Waals surface area contributed by atoms with Crippen LogP contribution in [0.5, 0.6) is 34.5 Å². The third-order valence-electron chi connectivity index (χ3n) is 5.37. The minimum Gasteiger partial charge on any atom is -0.508 e. The van der Waals surface area contributed by atoms with Crippen LogP contribution in [0.4, 0.5) is 0 Å². The van der Waals surface area contributed by atoms with Crippen LogP contribution < -0.4 is 10.2 Å². The lowest BCUT2D eigenvalue weighted by Crippen LogP contribution is -2.60. The lowest BCUT2D eigenvalue weighted by Gasteiger charge is -2.39. The number of aromatic hydroxyl groups is 5. The van der Waals surface area contributed by atoms with Crippen LogP contribution in [0.2, 0.25) is 0 Å². The topological polar surface area (TPSA) is 231 Å². The highest BCUT2D eigenvalue weighted by atomic mass is 16.7. The van der Waals surface area contributed by atoms with Gasteiger partial charge >= 0.3 is 0 Å². The molecule has 1 aliphatic rings. The molecule has 0 radical (unpaired) electrons. The van der Waals surface area contributed by atoms with Gasteiger partial charge in [-0.1, -0.05) is 0 Å². The van der Waals surface area contributed by atoms with Crippen molar-refractivity contribution in [3.8, 4) is 45.8 Å². The molecule has 0 spiro atoms. The van der Waals surface area contributed by atoms with Gasteiger partial charge in [-0.05, 0) is 12.1 Å². The van der Waals surface area contributed by atoms with Gasteiger partial charge in [0.05, 0.1) is 12.2 Å². The van der Waals surface area contributed by atoms with Crippen LogP contribution >= 0.6 is 0 Å². The Hall–Kier alpha value is -3.75. The number of hydrogen-bond donors (Lipinski definition) is 9. The molecule has 13 heteroatoms. The Kier molecular flexibility index (Phi) is 5.89. The lowest BCUT2D eigenvalue weighted by molar-refractivity contribution is -0.277. The lowest BCUT2D eigenvalue weighted by atomic mass is 9.99. The Balaban J connectivity index is 1.95. The van der Waals surface area contributed by atoms with Crippen molar-refractivity contribution in [3.05, 3.63) is 34.5 Å². The van der Waals surface area contributed by atoms with Crippen LogP contribution in [0.3, 0.4) is 0 Å². The Morgan fingerprint density at radius 2 is 1.59 bits per heavy atom. The molecule has 34 heavy (non-hydrogen) atoms. The molecule has 0 saturated carbocycles. The average molecular weight is 480 g/mol. The SMILES string of the molecule is O=c1c(O[C@@H]2O[C@H](CO)[C@@H](O)[C@H](O)[C@H]2O)c(-c2ccc(O)c(O)c2O)oc2cc(O)cc(O)c12. The second-order valence-electron chi connectivity index (χ2n) is 7.57. The molecule has 1 fully saturated rings. The molecule has 4 rings (SSSR count). The summed E-state index contributed by atoms with van der Waals surface area (Å²) < 4.78 is 16.3. The molecule has 2 aromatic carbocycles. The van der Waals surface area contributed by atoms with E-state index in [4.69, 9.17) is 13.9 Å². The largest absolute Gasteiger partial charge is 0.508 e. The van der Waals surface area contributed by atoms with Gasteiger partial charge in [-0.25, -0.2) is 0 Å². The van der Waals surface area contributed by atoms with Gasteiger partial charge in [-0.15, -0.1) is 0 Å². The summed E-state index contributed by atoms with van der Waals surface area (Å²) in [5.41, 5.74) is -1.81. The fraction of sp³-hybridized carbons (Fsp3) is 0.286. The molecule has 9 N–H and O–H groups in total. The van der Waals surface area contributed by atoms with E-state index in [0.717, 1.165) is 24.3 Å². The molecule has 13 nitrogen and oxygen atoms in total. The standard InChI is InChI=1S/C21H20O13/c22-5-11-15(28)17(30)18(31)21(33-11)34-20-16(29)12-9(25)3-6(23)4-10(12)32-19(20)7-1-2-8(24)14(27)13(7)26/h1-4,11,15,17-18,21-28,30-31H,5H2/t11-,15-,17+,18-,21+/m1/s1. The molecular weight excluding hydrogens is 460 g/mol. The zero-order valence-corrected chi connectivity index (χ0v) is 17.1. The van der Waals surface area contributed by atoms with Crippen molar-refractivity contribution in [2.75, 3.05) is 6.61 Å². The normalized spacial score (nSPS) is 24.9. The monoisotopic (exact) mass is 480 g/mol. The Bertz CT molecular complexity index is 1300. The number of benzene rings is 2. The van der Waals surface area contributed by atoms with E-state index in [1.165, 1.54) is 0 Å². The molecule has 1 saturated heterocycles. The van der Waals surface area contributed by atoms with E-state index in [0.29, 0.717) is 0 Å². The van der Waals surface area contributed by atoms with E-state index in [2.05, 4.69) is 0 Å². The average Bonchev–Trinajstić information content (AvgIpc) is 2.79. The van der Waals surface area contributed by atoms with Crippen LogP contribution in [0, 0.1) is 0 Å². The van der Waals surface area contributed by atoms with Crippen molar-refractivity contribution >= 4 is 11.0 Å². The highest BCUT2D eigenvalue weighted by Crippen LogP contribution is 2.46. The second-order valence-corrected chi connectivity index (χ2v) is 7.57. The molecule has 5 atom stereocenters. The summed E-state index contributed by atoms with van der Waals surface area (Å²) in [5.74, 6) is -5.11. The fourth-order valence-electron chi connectivity index (χ4n) is 3.59. The van der Waals surface area contributed by atoms with Crippen LogP contribution in [0.25, 0.3) is 22.3 Å². The van der Waals surface area contributed by atoms with Gasteiger partial charge in [0.2, 0.25) is 23.2 Å². The molecule has 0 unspecified atom stereocenters. The smallest absolute Gasteiger partial charge is 0.239 e. The third-order valence-corrected chi connectivity index (χ3v) is 5.37. The molecule has 1 aromatic heterocycles. The number of ether oxygens (including phenoxy) is 2. The summed E-state index contributed by atoms with van der Waals surface area (Å²) in [6.45, 7) is -0.781. The molecule has 1 aliphatic heterocycles. The number of phenolic OH excluding ortho intramolecular Hbond substituents is 5. The number of phenols is 5. The predicted octanol–water partition coefficient (Wildman–Crippen LogP) is -0.833. The first-order valence-electron chi connectivity index (χ1n) is 9.79. The third kappa shape index (κ3) is 3.70. The summed E-state index contributed by atoms with van der Waals surface area (Å²) in [4.78, 5) is 13.3. The molecule has 3 aromatic rings. The number of aliphatic hydroxyl groups excluding tert-OH is 4. The quantitative estimate of drug-likeness (QED) is 0.208. The zero-order chi connectivity index (χ0) is 24.9. The van der Waals surface area contributed by atoms with Gasteiger partial charge in [-0.3, -0.25) is 4.79 Å². The first kappa shape index (κ1) is 23.4. The molecule has 0 bridgehead atoms. The first-order valence-corrected chi connectivity index (χ1v) is 9.79. The highest BCUT2D eigenvalue weighted by Gasteiger charge is 2.45. The second kappa shape index (κ2) is 8.55. The molecule has 0 amide bonds. The van der Waals surface area contributed by atoms with E-state index in [-0.39, 0.29) is 11.1 Å². The summed E-state index contributed by atoms with van der Waals surface area (Å²) in [6.07, 6.45) is -8.70. The van der Waals surface area contributed by atoms with E-state index < -0.39 is 88.4 Å². The number of aliphatic hydroxyl groups is 4. The molecule has 182 valence electrons. The van der Waals surface area contributed by atoms with Crippen molar-refractivity contribution in [2.24, 2.45) is 0 Å². The Morgan fingerprint density at radius 3 is 2.26 bits per heavy atom. The summed E-state index contributed by atoms with van der Waals surface area (Å²) in [7, 11) is 0. The fourth-order valence-corrected chi connectivity index (χ4v) is 3.59. The van der Waals surface area contributed by atoms with E-state index in [1.807, 2.05) is 0 Å². The van der Waals surface area contributed by atoms with Gasteiger partial charge in [0, 0.05) is 12.1 Å². The highest BCUT2D eigenvalue weighted by molar-refractivity contribution is 5.89. The van der Waals surface area contributed by atoms with Gasteiger partial charge in [0.1, 0.15) is 46.9 Å². The Morgan fingerprint density at radius 1 is 0.882 bits per heavy atom. The summed E-state index contributed by atoms with van der Waals surface area (Å²) in [6, 6.07) is 3.85. The zero-order valence-electron chi connectivity index (χ0n) is 17.1. The van der Waals surface area contributed by atoms with Gasteiger partial charge < -0.3 is 59.8 Å². The minimum absolute atomic E-state index is 0.356.